The van der Waals surface area contributed by atoms with Crippen molar-refractivity contribution >= 4 is 5.71 Å². The standard InChI is InChI=1S/C15H25N.C12H14F2O2.C3H8O2/c1-6-9-12-16-14(5)15(11-8-3)13(4)10-7-2;1-7-2-5-11(16-7)12(15)8-3-4-9(13)10(14)6-8;1-3(2,4)5/h8-9,11-12H,6-7,10H2,1-5H3;3-4,6-7,11-12,15H,2,5H2,1H3;4-5H,1-2H3/b11-8-,12-9+,15-13+,16-14+;;. The first-order valence-corrected chi connectivity index (χ1v) is 13.0. The highest BCUT2D eigenvalue weighted by Crippen LogP contribution is 2.30. The fourth-order valence-corrected chi connectivity index (χ4v) is 3.56. The zero-order valence-corrected chi connectivity index (χ0v) is 23.8. The number of rotatable bonds is 8. The second-order valence-corrected chi connectivity index (χ2v) is 9.63. The number of hydrogen-bond acceptors (Lipinski definition) is 5. The number of ether oxygens (including phenoxy) is 1. The third-order valence-corrected chi connectivity index (χ3v) is 5.32. The summed E-state index contributed by atoms with van der Waals surface area (Å²) in [5.74, 6) is -3.35. The largest absolute Gasteiger partial charge is 0.386 e. The van der Waals surface area contributed by atoms with Crippen molar-refractivity contribution in [2.45, 2.75) is 112 Å². The molecule has 2 rings (SSSR count). The Morgan fingerprint density at radius 1 is 1.16 bits per heavy atom. The van der Waals surface area contributed by atoms with Gasteiger partial charge in [-0.3, -0.25) is 4.99 Å². The second-order valence-electron chi connectivity index (χ2n) is 9.63. The van der Waals surface area contributed by atoms with Crippen molar-refractivity contribution in [3.05, 3.63) is 71.0 Å². The summed E-state index contributed by atoms with van der Waals surface area (Å²) in [7, 11) is 0. The molecule has 0 bridgehead atoms. The Hall–Kier alpha value is -2.19. The van der Waals surface area contributed by atoms with Crippen LogP contribution in [0.5, 0.6) is 0 Å². The van der Waals surface area contributed by atoms with Gasteiger partial charge in [0.15, 0.2) is 17.4 Å². The van der Waals surface area contributed by atoms with Gasteiger partial charge in [-0.2, -0.15) is 0 Å². The fraction of sp³-hybridized carbons (Fsp3) is 0.567. The van der Waals surface area contributed by atoms with Gasteiger partial charge in [-0.1, -0.05) is 50.1 Å². The van der Waals surface area contributed by atoms with Gasteiger partial charge in [0.05, 0.1) is 12.2 Å². The summed E-state index contributed by atoms with van der Waals surface area (Å²) >= 11 is 0. The molecule has 3 N–H and O–H groups in total. The van der Waals surface area contributed by atoms with E-state index in [4.69, 9.17) is 14.9 Å². The highest BCUT2D eigenvalue weighted by Gasteiger charge is 2.29. The van der Waals surface area contributed by atoms with Gasteiger partial charge in [0, 0.05) is 11.9 Å². The molecule has 1 saturated heterocycles. The van der Waals surface area contributed by atoms with Gasteiger partial charge in [-0.05, 0) is 90.5 Å². The predicted octanol–water partition coefficient (Wildman–Crippen LogP) is 7.34. The van der Waals surface area contributed by atoms with Crippen molar-refractivity contribution in [1.29, 1.82) is 0 Å². The molecule has 37 heavy (non-hydrogen) atoms. The SMILES string of the molecule is CC(C)(O)O.CC1CCC(C(O)c2ccc(F)c(F)c2)O1.C\C=C/C(C(/C)=N/C=C/CC)=C(/C)CCC. The first-order valence-electron chi connectivity index (χ1n) is 13.0. The third-order valence-electron chi connectivity index (χ3n) is 5.32. The summed E-state index contributed by atoms with van der Waals surface area (Å²) < 4.78 is 31.2. The van der Waals surface area contributed by atoms with Gasteiger partial charge in [-0.25, -0.2) is 8.78 Å². The van der Waals surface area contributed by atoms with Crippen LogP contribution in [0.15, 0.2) is 58.8 Å². The Balaban J connectivity index is 0.000000594. The van der Waals surface area contributed by atoms with Gasteiger partial charge in [0.2, 0.25) is 0 Å². The van der Waals surface area contributed by atoms with Crippen LogP contribution in [0.3, 0.4) is 0 Å². The first-order chi connectivity index (χ1) is 17.2. The van der Waals surface area contributed by atoms with Crippen LogP contribution in [-0.4, -0.2) is 39.0 Å². The smallest absolute Gasteiger partial charge is 0.159 e. The lowest BCUT2D eigenvalue weighted by atomic mass is 10.0. The molecule has 1 aromatic rings. The number of aliphatic hydroxyl groups excluding tert-OH is 1. The van der Waals surface area contributed by atoms with E-state index in [9.17, 15) is 13.9 Å². The molecule has 1 fully saturated rings. The number of benzene rings is 1. The van der Waals surface area contributed by atoms with Gasteiger partial charge in [0.1, 0.15) is 6.10 Å². The average molecular weight is 524 g/mol. The second kappa shape index (κ2) is 18.1. The molecule has 0 amide bonds. The Morgan fingerprint density at radius 2 is 1.78 bits per heavy atom. The van der Waals surface area contributed by atoms with Crippen LogP contribution in [0.4, 0.5) is 8.78 Å². The normalized spacial score (nSPS) is 19.8. The van der Waals surface area contributed by atoms with Crippen LogP contribution >= 0.6 is 0 Å². The predicted molar refractivity (Wildman–Crippen MR) is 148 cm³/mol. The molecule has 0 aliphatic carbocycles. The van der Waals surface area contributed by atoms with Gasteiger partial charge >= 0.3 is 0 Å². The van der Waals surface area contributed by atoms with E-state index in [0.717, 1.165) is 43.5 Å². The van der Waals surface area contributed by atoms with E-state index in [0.29, 0.717) is 5.56 Å². The molecule has 1 aliphatic rings. The molecular formula is C30H47F2NO4. The molecule has 7 heteroatoms. The Morgan fingerprint density at radius 3 is 2.24 bits per heavy atom. The van der Waals surface area contributed by atoms with Crippen molar-refractivity contribution in [1.82, 2.24) is 0 Å². The number of hydrogen-bond donors (Lipinski definition) is 3. The van der Waals surface area contributed by atoms with Crippen molar-refractivity contribution in [3.8, 4) is 0 Å². The Kier molecular flexibility index (Phi) is 17.1. The van der Waals surface area contributed by atoms with E-state index >= 15 is 0 Å². The monoisotopic (exact) mass is 523 g/mol. The van der Waals surface area contributed by atoms with Gasteiger partial charge in [-0.15, -0.1) is 0 Å². The average Bonchev–Trinajstić information content (AvgIpc) is 3.24. The number of allylic oxidation sites excluding steroid dienone is 5. The Labute approximate surface area is 222 Å². The molecule has 0 aromatic heterocycles. The number of halogens is 2. The molecule has 210 valence electrons. The number of nitrogens with zero attached hydrogens (tertiary/aromatic N) is 1. The maximum absolute atomic E-state index is 13.0. The highest BCUT2D eigenvalue weighted by atomic mass is 19.2. The molecule has 1 aromatic carbocycles. The Bertz CT molecular complexity index is 911. The third kappa shape index (κ3) is 15.6. The van der Waals surface area contributed by atoms with Crippen molar-refractivity contribution in [2.75, 3.05) is 0 Å². The molecule has 1 aliphatic heterocycles. The highest BCUT2D eigenvalue weighted by molar-refractivity contribution is 6.01. The quantitative estimate of drug-likeness (QED) is 0.189. The topological polar surface area (TPSA) is 82.3 Å². The lowest BCUT2D eigenvalue weighted by molar-refractivity contribution is -0.127. The lowest BCUT2D eigenvalue weighted by Crippen LogP contribution is -2.18. The fourth-order valence-electron chi connectivity index (χ4n) is 3.56. The molecule has 0 radical (unpaired) electrons. The summed E-state index contributed by atoms with van der Waals surface area (Å²) in [6, 6.07) is 3.42. The molecule has 0 saturated carbocycles. The first kappa shape index (κ1) is 34.8. The summed E-state index contributed by atoms with van der Waals surface area (Å²) in [6.07, 6.45) is 12.1. The summed E-state index contributed by atoms with van der Waals surface area (Å²) in [4.78, 5) is 4.46. The summed E-state index contributed by atoms with van der Waals surface area (Å²) in [6.45, 7) is 15.2. The molecule has 3 atom stereocenters. The number of aliphatic hydroxyl groups is 3. The van der Waals surface area contributed by atoms with Crippen molar-refractivity contribution < 1.29 is 28.8 Å². The van der Waals surface area contributed by atoms with E-state index in [1.54, 1.807) is 0 Å². The maximum atomic E-state index is 13.0. The maximum Gasteiger partial charge on any atom is 0.159 e. The summed E-state index contributed by atoms with van der Waals surface area (Å²) in [5.41, 5.74) is 4.17. The van der Waals surface area contributed by atoms with Crippen LogP contribution < -0.4 is 0 Å². The van der Waals surface area contributed by atoms with Crippen LogP contribution in [0, 0.1) is 11.6 Å². The van der Waals surface area contributed by atoms with E-state index in [-0.39, 0.29) is 12.2 Å². The van der Waals surface area contributed by atoms with Crippen LogP contribution in [0.1, 0.15) is 99.2 Å². The molecule has 5 nitrogen and oxygen atoms in total. The van der Waals surface area contributed by atoms with Gasteiger partial charge in [0.25, 0.3) is 0 Å². The summed E-state index contributed by atoms with van der Waals surface area (Å²) in [5, 5.41) is 26.1. The minimum atomic E-state index is -1.50. The van der Waals surface area contributed by atoms with E-state index < -0.39 is 23.5 Å². The van der Waals surface area contributed by atoms with Crippen molar-refractivity contribution in [3.63, 3.8) is 0 Å². The zero-order valence-electron chi connectivity index (χ0n) is 23.8. The van der Waals surface area contributed by atoms with Crippen LogP contribution in [-0.2, 0) is 4.74 Å². The molecule has 0 spiro atoms. The van der Waals surface area contributed by atoms with E-state index in [1.807, 2.05) is 20.0 Å². The molecule has 1 heterocycles. The molecular weight excluding hydrogens is 476 g/mol. The number of aliphatic imine (C=N–C) groups is 1. The van der Waals surface area contributed by atoms with Crippen molar-refractivity contribution in [2.24, 2.45) is 4.99 Å². The minimum Gasteiger partial charge on any atom is -0.386 e. The van der Waals surface area contributed by atoms with Crippen LogP contribution in [0.25, 0.3) is 0 Å². The van der Waals surface area contributed by atoms with Crippen LogP contribution in [0.2, 0.25) is 0 Å². The zero-order chi connectivity index (χ0) is 28.6. The minimum absolute atomic E-state index is 0.116. The van der Waals surface area contributed by atoms with E-state index in [1.165, 1.54) is 37.5 Å². The lowest BCUT2D eigenvalue weighted by Gasteiger charge is -2.18. The van der Waals surface area contributed by atoms with E-state index in [2.05, 4.69) is 50.9 Å². The van der Waals surface area contributed by atoms with Gasteiger partial charge < -0.3 is 20.1 Å². The molecule has 3 unspecified atom stereocenters.